The molecule has 1 atom stereocenters. The molecule has 7 heteroatoms. The van der Waals surface area contributed by atoms with Gasteiger partial charge in [0, 0.05) is 6.08 Å². The first kappa shape index (κ1) is 13.8. The topological polar surface area (TPSA) is 99.6 Å². The molecule has 2 heterocycles. The second-order valence-electron chi connectivity index (χ2n) is 5.05. The number of halogens is 1. The Hall–Kier alpha value is -2.15. The summed E-state index contributed by atoms with van der Waals surface area (Å²) in [7, 11) is 0. The molecule has 2 aliphatic heterocycles. The molecule has 110 valence electrons. The van der Waals surface area contributed by atoms with E-state index in [1.54, 1.807) is 13.0 Å². The number of hydrogen-bond donors (Lipinski definition) is 3. The average molecular weight is 352 g/mol. The first-order valence-electron chi connectivity index (χ1n) is 6.27. The van der Waals surface area contributed by atoms with Crippen LogP contribution in [0.2, 0.25) is 0 Å². The minimum atomic E-state index is -1.24. The van der Waals surface area contributed by atoms with Crippen LogP contribution in [0.15, 0.2) is 39.9 Å². The van der Waals surface area contributed by atoms with Gasteiger partial charge in [0.25, 0.3) is 5.91 Å². The predicted octanol–water partition coefficient (Wildman–Crippen LogP) is 1.85. The molecule has 0 aliphatic carbocycles. The van der Waals surface area contributed by atoms with E-state index in [1.807, 2.05) is 19.1 Å². The third kappa shape index (κ3) is 2.04. The van der Waals surface area contributed by atoms with E-state index in [0.29, 0.717) is 11.5 Å². The Labute approximate surface area is 129 Å². The summed E-state index contributed by atoms with van der Waals surface area (Å²) in [6.07, 6.45) is 1.64. The fraction of sp³-hybridized carbons (Fsp3) is 0.214. The van der Waals surface area contributed by atoms with Crippen LogP contribution < -0.4 is 21.5 Å². The SMILES string of the molecule is CC1=C[C@@]2(Nc3cc(C)cc(Br)c3O2)C(C(N)=O)=C(N)O1. The smallest absolute Gasteiger partial charge is 0.256 e. The van der Waals surface area contributed by atoms with Crippen LogP contribution in [-0.4, -0.2) is 11.6 Å². The number of aryl methyl sites for hydroxylation is 1. The Morgan fingerprint density at radius 2 is 2.10 bits per heavy atom. The zero-order valence-electron chi connectivity index (χ0n) is 11.5. The van der Waals surface area contributed by atoms with Gasteiger partial charge in [-0.05, 0) is 47.5 Å². The zero-order valence-corrected chi connectivity index (χ0v) is 13.1. The molecule has 0 saturated heterocycles. The number of anilines is 1. The van der Waals surface area contributed by atoms with E-state index in [0.717, 1.165) is 15.7 Å². The summed E-state index contributed by atoms with van der Waals surface area (Å²) in [6.45, 7) is 3.68. The Morgan fingerprint density at radius 3 is 2.76 bits per heavy atom. The molecule has 1 aromatic rings. The minimum absolute atomic E-state index is 0.0499. The number of rotatable bonds is 1. The van der Waals surface area contributed by atoms with Gasteiger partial charge < -0.3 is 26.3 Å². The number of ether oxygens (including phenoxy) is 2. The van der Waals surface area contributed by atoms with Crippen molar-refractivity contribution in [3.63, 3.8) is 0 Å². The van der Waals surface area contributed by atoms with E-state index in [4.69, 9.17) is 20.9 Å². The van der Waals surface area contributed by atoms with E-state index in [1.165, 1.54) is 0 Å². The van der Waals surface area contributed by atoms with Crippen LogP contribution in [0.5, 0.6) is 5.75 Å². The lowest BCUT2D eigenvalue weighted by Gasteiger charge is -2.31. The summed E-state index contributed by atoms with van der Waals surface area (Å²) in [5.41, 5.74) is 11.9. The van der Waals surface area contributed by atoms with Gasteiger partial charge in [-0.2, -0.15) is 0 Å². The summed E-state index contributed by atoms with van der Waals surface area (Å²) in [6, 6.07) is 3.84. The highest BCUT2D eigenvalue weighted by Gasteiger charge is 2.48. The number of primary amides is 1. The molecule has 1 spiro atoms. The molecule has 2 aliphatic rings. The van der Waals surface area contributed by atoms with Crippen molar-refractivity contribution in [2.24, 2.45) is 11.5 Å². The third-order valence-electron chi connectivity index (χ3n) is 3.31. The van der Waals surface area contributed by atoms with Crippen LogP contribution in [0.1, 0.15) is 12.5 Å². The number of nitrogens with one attached hydrogen (secondary N) is 1. The minimum Gasteiger partial charge on any atom is -0.456 e. The molecule has 1 amide bonds. The van der Waals surface area contributed by atoms with E-state index in [2.05, 4.69) is 21.2 Å². The molecule has 0 radical (unpaired) electrons. The van der Waals surface area contributed by atoms with Crippen LogP contribution in [0, 0.1) is 6.92 Å². The number of fused-ring (bicyclic) bond motifs is 1. The Balaban J connectivity index is 2.16. The van der Waals surface area contributed by atoms with Gasteiger partial charge in [0.05, 0.1) is 10.2 Å². The molecule has 0 saturated carbocycles. The van der Waals surface area contributed by atoms with E-state index in [-0.39, 0.29) is 11.5 Å². The molecular weight excluding hydrogens is 338 g/mol. The van der Waals surface area contributed by atoms with Gasteiger partial charge in [0.1, 0.15) is 11.3 Å². The lowest BCUT2D eigenvalue weighted by atomic mass is 9.99. The Kier molecular flexibility index (Phi) is 2.91. The van der Waals surface area contributed by atoms with Gasteiger partial charge in [-0.25, -0.2) is 0 Å². The summed E-state index contributed by atoms with van der Waals surface area (Å²) in [4.78, 5) is 11.8. The van der Waals surface area contributed by atoms with Crippen LogP contribution in [-0.2, 0) is 9.53 Å². The first-order valence-corrected chi connectivity index (χ1v) is 7.06. The number of benzene rings is 1. The fourth-order valence-electron chi connectivity index (χ4n) is 2.59. The molecule has 6 nitrogen and oxygen atoms in total. The van der Waals surface area contributed by atoms with E-state index in [9.17, 15) is 4.79 Å². The quantitative estimate of drug-likeness (QED) is 0.716. The summed E-state index contributed by atoms with van der Waals surface area (Å²) >= 11 is 3.45. The Morgan fingerprint density at radius 1 is 1.38 bits per heavy atom. The molecule has 21 heavy (non-hydrogen) atoms. The number of hydrogen-bond acceptors (Lipinski definition) is 5. The number of carbonyl (C=O) groups excluding carboxylic acids is 1. The number of nitrogens with two attached hydrogens (primary N) is 2. The van der Waals surface area contributed by atoms with Gasteiger partial charge in [0.15, 0.2) is 5.75 Å². The second-order valence-corrected chi connectivity index (χ2v) is 5.90. The van der Waals surface area contributed by atoms with Crippen molar-refractivity contribution in [2.75, 3.05) is 5.32 Å². The van der Waals surface area contributed by atoms with Gasteiger partial charge in [-0.15, -0.1) is 0 Å². The maximum absolute atomic E-state index is 11.8. The highest BCUT2D eigenvalue weighted by molar-refractivity contribution is 9.10. The molecule has 3 rings (SSSR count). The Bertz CT molecular complexity index is 726. The molecule has 5 N–H and O–H groups in total. The third-order valence-corrected chi connectivity index (χ3v) is 3.90. The molecule has 0 unspecified atom stereocenters. The van der Waals surface area contributed by atoms with Gasteiger partial charge in [0.2, 0.25) is 11.6 Å². The van der Waals surface area contributed by atoms with Crippen molar-refractivity contribution in [1.82, 2.24) is 0 Å². The zero-order chi connectivity index (χ0) is 15.4. The first-order chi connectivity index (χ1) is 9.82. The standard InChI is InChI=1S/C14H14BrN3O3/c1-6-3-8(15)11-9(4-6)18-14(21-11)5-7(2)20-13(17)10(14)12(16)19/h3-5,18H,17H2,1-2H3,(H2,16,19)/t14-/m0/s1. The van der Waals surface area contributed by atoms with Crippen molar-refractivity contribution in [3.8, 4) is 5.75 Å². The van der Waals surface area contributed by atoms with Gasteiger partial charge in [-0.3, -0.25) is 4.79 Å². The van der Waals surface area contributed by atoms with Crippen LogP contribution in [0.25, 0.3) is 0 Å². The summed E-state index contributed by atoms with van der Waals surface area (Å²) in [5.74, 6) is 0.351. The van der Waals surface area contributed by atoms with Crippen LogP contribution in [0.3, 0.4) is 0 Å². The summed E-state index contributed by atoms with van der Waals surface area (Å²) in [5, 5.41) is 3.18. The monoisotopic (exact) mass is 351 g/mol. The summed E-state index contributed by atoms with van der Waals surface area (Å²) < 4.78 is 12.0. The number of amides is 1. The molecule has 0 aromatic heterocycles. The highest BCUT2D eigenvalue weighted by atomic mass is 79.9. The maximum atomic E-state index is 11.8. The van der Waals surface area contributed by atoms with Crippen LogP contribution >= 0.6 is 15.9 Å². The average Bonchev–Trinajstić information content (AvgIpc) is 2.65. The lowest BCUT2D eigenvalue weighted by molar-refractivity contribution is -0.116. The van der Waals surface area contributed by atoms with Crippen molar-refractivity contribution < 1.29 is 14.3 Å². The molecular formula is C14H14BrN3O3. The maximum Gasteiger partial charge on any atom is 0.256 e. The molecule has 1 aromatic carbocycles. The van der Waals surface area contributed by atoms with Crippen molar-refractivity contribution in [1.29, 1.82) is 0 Å². The van der Waals surface area contributed by atoms with Crippen molar-refractivity contribution in [3.05, 3.63) is 45.5 Å². The van der Waals surface area contributed by atoms with E-state index < -0.39 is 11.6 Å². The normalized spacial score (nSPS) is 23.1. The van der Waals surface area contributed by atoms with Gasteiger partial charge in [-0.1, -0.05) is 0 Å². The predicted molar refractivity (Wildman–Crippen MR) is 81.1 cm³/mol. The van der Waals surface area contributed by atoms with Crippen LogP contribution in [0.4, 0.5) is 5.69 Å². The fourth-order valence-corrected chi connectivity index (χ4v) is 3.25. The largest absolute Gasteiger partial charge is 0.456 e. The lowest BCUT2D eigenvalue weighted by Crippen LogP contribution is -2.48. The molecule has 0 fully saturated rings. The number of carbonyl (C=O) groups is 1. The van der Waals surface area contributed by atoms with E-state index >= 15 is 0 Å². The highest BCUT2D eigenvalue weighted by Crippen LogP contribution is 2.47. The number of allylic oxidation sites excluding steroid dienone is 1. The van der Waals surface area contributed by atoms with Crippen molar-refractivity contribution >= 4 is 27.5 Å². The second kappa shape index (κ2) is 4.42. The van der Waals surface area contributed by atoms with Gasteiger partial charge >= 0.3 is 0 Å². The molecule has 0 bridgehead atoms. The van der Waals surface area contributed by atoms with Crippen molar-refractivity contribution in [2.45, 2.75) is 19.6 Å².